The largest absolute Gasteiger partial charge is 0.396 e. The van der Waals surface area contributed by atoms with Crippen LogP contribution in [0.3, 0.4) is 0 Å². The maximum absolute atomic E-state index is 10.8. The molecule has 6 heteroatoms. The molecule has 0 spiro atoms. The van der Waals surface area contributed by atoms with E-state index in [4.69, 9.17) is 5.11 Å². The zero-order valence-corrected chi connectivity index (χ0v) is 11.1. The van der Waals surface area contributed by atoms with Gasteiger partial charge in [-0.3, -0.25) is 10.1 Å². The second-order valence-electron chi connectivity index (χ2n) is 3.92. The van der Waals surface area contributed by atoms with Crippen molar-refractivity contribution >= 4 is 27.3 Å². The van der Waals surface area contributed by atoms with Gasteiger partial charge < -0.3 is 10.4 Å². The maximum Gasteiger partial charge on any atom is 0.292 e. The fourth-order valence-corrected chi connectivity index (χ4v) is 1.78. The summed E-state index contributed by atoms with van der Waals surface area (Å²) >= 11 is 3.28. The summed E-state index contributed by atoms with van der Waals surface area (Å²) in [5.41, 5.74) is 0.554. The lowest BCUT2D eigenvalue weighted by molar-refractivity contribution is -0.384. The molecule has 0 fully saturated rings. The summed E-state index contributed by atoms with van der Waals surface area (Å²) in [5.74, 6) is 0.263. The summed E-state index contributed by atoms with van der Waals surface area (Å²) in [6.07, 6.45) is 0.675. The number of nitrogens with one attached hydrogen (secondary N) is 1. The monoisotopic (exact) mass is 302 g/mol. The van der Waals surface area contributed by atoms with Gasteiger partial charge in [0, 0.05) is 23.7 Å². The molecule has 1 aromatic carbocycles. The van der Waals surface area contributed by atoms with Crippen molar-refractivity contribution in [3.05, 3.63) is 32.8 Å². The molecule has 1 unspecified atom stereocenters. The molecule has 0 aliphatic rings. The second kappa shape index (κ2) is 6.56. The number of halogens is 1. The minimum Gasteiger partial charge on any atom is -0.396 e. The van der Waals surface area contributed by atoms with Crippen LogP contribution < -0.4 is 5.32 Å². The molecule has 1 aromatic rings. The van der Waals surface area contributed by atoms with Crippen molar-refractivity contribution in [2.24, 2.45) is 5.92 Å². The smallest absolute Gasteiger partial charge is 0.292 e. The Kier molecular flexibility index (Phi) is 5.37. The summed E-state index contributed by atoms with van der Waals surface area (Å²) in [6.45, 7) is 2.70. The van der Waals surface area contributed by atoms with E-state index in [-0.39, 0.29) is 18.2 Å². The molecule has 5 nitrogen and oxygen atoms in total. The zero-order chi connectivity index (χ0) is 12.8. The van der Waals surface area contributed by atoms with Crippen LogP contribution in [-0.4, -0.2) is 23.2 Å². The van der Waals surface area contributed by atoms with Crippen LogP contribution in [0.15, 0.2) is 22.7 Å². The van der Waals surface area contributed by atoms with E-state index in [0.29, 0.717) is 18.7 Å². The van der Waals surface area contributed by atoms with Gasteiger partial charge in [0.2, 0.25) is 0 Å². The number of benzene rings is 1. The minimum absolute atomic E-state index is 0.0596. The van der Waals surface area contributed by atoms with Gasteiger partial charge >= 0.3 is 0 Å². The average molecular weight is 303 g/mol. The number of anilines is 1. The molecule has 0 saturated carbocycles. The third kappa shape index (κ3) is 4.32. The normalized spacial score (nSPS) is 12.2. The van der Waals surface area contributed by atoms with E-state index in [2.05, 4.69) is 21.2 Å². The van der Waals surface area contributed by atoms with Gasteiger partial charge in [-0.05, 0) is 24.5 Å². The molecule has 0 bridgehead atoms. The number of hydrogen-bond acceptors (Lipinski definition) is 4. The van der Waals surface area contributed by atoms with Gasteiger partial charge in [0.05, 0.1) is 4.92 Å². The van der Waals surface area contributed by atoms with Gasteiger partial charge in [0.1, 0.15) is 5.69 Å². The number of rotatable bonds is 6. The van der Waals surface area contributed by atoms with Crippen LogP contribution in [0.4, 0.5) is 11.4 Å². The highest BCUT2D eigenvalue weighted by molar-refractivity contribution is 9.10. The van der Waals surface area contributed by atoms with E-state index >= 15 is 0 Å². The zero-order valence-electron chi connectivity index (χ0n) is 9.52. The molecule has 0 amide bonds. The van der Waals surface area contributed by atoms with E-state index < -0.39 is 4.92 Å². The SMILES string of the molecule is CC(CCO)CNc1cc(Br)ccc1[N+](=O)[O-]. The Balaban J connectivity index is 2.75. The van der Waals surface area contributed by atoms with Crippen molar-refractivity contribution in [2.75, 3.05) is 18.5 Å². The second-order valence-corrected chi connectivity index (χ2v) is 4.83. The third-order valence-electron chi connectivity index (χ3n) is 2.42. The minimum atomic E-state index is -0.411. The van der Waals surface area contributed by atoms with Gasteiger partial charge in [0.15, 0.2) is 0 Å². The van der Waals surface area contributed by atoms with Gasteiger partial charge in [-0.15, -0.1) is 0 Å². The van der Waals surface area contributed by atoms with Crippen LogP contribution in [0.1, 0.15) is 13.3 Å². The first-order valence-corrected chi connectivity index (χ1v) is 6.12. The molecule has 17 heavy (non-hydrogen) atoms. The highest BCUT2D eigenvalue weighted by Gasteiger charge is 2.14. The third-order valence-corrected chi connectivity index (χ3v) is 2.91. The van der Waals surface area contributed by atoms with Crippen molar-refractivity contribution in [1.29, 1.82) is 0 Å². The number of aliphatic hydroxyl groups is 1. The quantitative estimate of drug-likeness (QED) is 0.626. The predicted molar refractivity (Wildman–Crippen MR) is 70.2 cm³/mol. The van der Waals surface area contributed by atoms with Gasteiger partial charge in [-0.1, -0.05) is 22.9 Å². The van der Waals surface area contributed by atoms with Crippen LogP contribution in [0, 0.1) is 16.0 Å². The van der Waals surface area contributed by atoms with Crippen LogP contribution in [0.5, 0.6) is 0 Å². The highest BCUT2D eigenvalue weighted by atomic mass is 79.9. The lowest BCUT2D eigenvalue weighted by Gasteiger charge is -2.12. The summed E-state index contributed by atoms with van der Waals surface area (Å²) < 4.78 is 0.792. The van der Waals surface area contributed by atoms with E-state index in [1.807, 2.05) is 6.92 Å². The number of aliphatic hydroxyl groups excluding tert-OH is 1. The molecule has 0 radical (unpaired) electrons. The molecular formula is C11H15BrN2O3. The molecule has 0 heterocycles. The number of hydrogen-bond donors (Lipinski definition) is 2. The average Bonchev–Trinajstić information content (AvgIpc) is 2.26. The van der Waals surface area contributed by atoms with Crippen LogP contribution in [-0.2, 0) is 0 Å². The number of nitro groups is 1. The maximum atomic E-state index is 10.8. The van der Waals surface area contributed by atoms with Crippen molar-refractivity contribution in [1.82, 2.24) is 0 Å². The lowest BCUT2D eigenvalue weighted by Crippen LogP contribution is -2.13. The topological polar surface area (TPSA) is 75.4 Å². The van der Waals surface area contributed by atoms with Crippen molar-refractivity contribution in [3.8, 4) is 0 Å². The fraction of sp³-hybridized carbons (Fsp3) is 0.455. The molecular weight excluding hydrogens is 288 g/mol. The van der Waals surface area contributed by atoms with E-state index in [0.717, 1.165) is 4.47 Å². The Bertz CT molecular complexity index is 398. The van der Waals surface area contributed by atoms with Crippen LogP contribution >= 0.6 is 15.9 Å². The fourth-order valence-electron chi connectivity index (χ4n) is 1.42. The first kappa shape index (κ1) is 13.9. The first-order valence-electron chi connectivity index (χ1n) is 5.33. The number of nitro benzene ring substituents is 1. The standard InChI is InChI=1S/C11H15BrN2O3/c1-8(4-5-15)7-13-10-6-9(12)2-3-11(10)14(16)17/h2-3,6,8,13,15H,4-5,7H2,1H3. The summed E-state index contributed by atoms with van der Waals surface area (Å²) in [7, 11) is 0. The molecule has 94 valence electrons. The summed E-state index contributed by atoms with van der Waals surface area (Å²) in [5, 5.41) is 22.6. The predicted octanol–water partition coefficient (Wildman–Crippen LogP) is 2.79. The Morgan fingerprint density at radius 3 is 2.88 bits per heavy atom. The van der Waals surface area contributed by atoms with Gasteiger partial charge in [-0.25, -0.2) is 0 Å². The Morgan fingerprint density at radius 2 is 2.29 bits per heavy atom. The van der Waals surface area contributed by atoms with Crippen molar-refractivity contribution < 1.29 is 10.0 Å². The number of nitrogens with zero attached hydrogens (tertiary/aromatic N) is 1. The van der Waals surface area contributed by atoms with E-state index in [9.17, 15) is 10.1 Å². The van der Waals surface area contributed by atoms with Crippen LogP contribution in [0.25, 0.3) is 0 Å². The van der Waals surface area contributed by atoms with E-state index in [1.54, 1.807) is 12.1 Å². The Labute approximate surface area is 108 Å². The summed E-state index contributed by atoms with van der Waals surface area (Å²) in [6, 6.07) is 4.79. The molecule has 0 aliphatic heterocycles. The molecule has 2 N–H and O–H groups in total. The van der Waals surface area contributed by atoms with Crippen molar-refractivity contribution in [2.45, 2.75) is 13.3 Å². The van der Waals surface area contributed by atoms with Gasteiger partial charge in [-0.2, -0.15) is 0 Å². The lowest BCUT2D eigenvalue weighted by atomic mass is 10.1. The Morgan fingerprint density at radius 1 is 1.59 bits per heavy atom. The first-order chi connectivity index (χ1) is 8.04. The Hall–Kier alpha value is -1.14. The van der Waals surface area contributed by atoms with Crippen LogP contribution in [0.2, 0.25) is 0 Å². The van der Waals surface area contributed by atoms with Gasteiger partial charge in [0.25, 0.3) is 5.69 Å². The summed E-state index contributed by atoms with van der Waals surface area (Å²) in [4.78, 5) is 10.4. The molecule has 0 saturated heterocycles. The van der Waals surface area contributed by atoms with Crippen molar-refractivity contribution in [3.63, 3.8) is 0 Å². The molecule has 0 aromatic heterocycles. The molecule has 1 atom stereocenters. The molecule has 0 aliphatic carbocycles. The molecule has 1 rings (SSSR count). The van der Waals surface area contributed by atoms with E-state index in [1.165, 1.54) is 6.07 Å². The highest BCUT2D eigenvalue weighted by Crippen LogP contribution is 2.28.